The van der Waals surface area contributed by atoms with Crippen LogP contribution in [0.4, 0.5) is 11.4 Å². The lowest BCUT2D eigenvalue weighted by molar-refractivity contribution is -0.122. The van der Waals surface area contributed by atoms with E-state index >= 15 is 0 Å². The molecule has 0 saturated carbocycles. The van der Waals surface area contributed by atoms with Crippen LogP contribution in [0.15, 0.2) is 60.7 Å². The van der Waals surface area contributed by atoms with Crippen LogP contribution in [-0.4, -0.2) is 37.7 Å². The Morgan fingerprint density at radius 3 is 2.74 bits per heavy atom. The van der Waals surface area contributed by atoms with Crippen LogP contribution in [0.3, 0.4) is 0 Å². The number of carbonyl (C=O) groups is 2. The lowest BCUT2D eigenvalue weighted by atomic mass is 10.2. The highest BCUT2D eigenvalue weighted by Gasteiger charge is 2.26. The second kappa shape index (κ2) is 10.9. The van der Waals surface area contributed by atoms with Gasteiger partial charge in [0.1, 0.15) is 23.9 Å². The molecule has 3 aromatic carbocycles. The molecule has 0 spiro atoms. The number of aryl methyl sites for hydroxylation is 1. The van der Waals surface area contributed by atoms with E-state index in [4.69, 9.17) is 37.4 Å². The standard InChI is InChI=1S/C26H24Cl2N2O5/c1-16-4-3-5-20(12-16)33-11-10-30-22-14-19(7-9-24(22)34-15-25(30)31)29-26(32)17(2)35-23-8-6-18(27)13-21(23)28/h3-9,12-14,17H,10-11,15H2,1-2H3,(H,29,32). The van der Waals surface area contributed by atoms with E-state index in [-0.39, 0.29) is 18.4 Å². The third-order valence-electron chi connectivity index (χ3n) is 5.31. The summed E-state index contributed by atoms with van der Waals surface area (Å²) in [6.45, 7) is 4.17. The predicted molar refractivity (Wildman–Crippen MR) is 136 cm³/mol. The number of hydrogen-bond donors (Lipinski definition) is 1. The molecule has 0 aliphatic carbocycles. The minimum Gasteiger partial charge on any atom is -0.492 e. The van der Waals surface area contributed by atoms with E-state index in [0.29, 0.717) is 46.1 Å². The summed E-state index contributed by atoms with van der Waals surface area (Å²) in [6.07, 6.45) is -0.832. The summed E-state index contributed by atoms with van der Waals surface area (Å²) >= 11 is 12.0. The molecule has 0 fully saturated rings. The number of rotatable bonds is 8. The first-order chi connectivity index (χ1) is 16.8. The van der Waals surface area contributed by atoms with E-state index in [1.807, 2.05) is 31.2 Å². The number of anilines is 2. The molecule has 1 unspecified atom stereocenters. The predicted octanol–water partition coefficient (Wildman–Crippen LogP) is 5.51. The number of nitrogens with one attached hydrogen (secondary N) is 1. The summed E-state index contributed by atoms with van der Waals surface area (Å²) in [6, 6.07) is 17.6. The first-order valence-corrected chi connectivity index (χ1v) is 11.7. The van der Waals surface area contributed by atoms with Gasteiger partial charge in [0.2, 0.25) is 0 Å². The molecular formula is C26H24Cl2N2O5. The van der Waals surface area contributed by atoms with Gasteiger partial charge in [-0.05, 0) is 67.9 Å². The van der Waals surface area contributed by atoms with Gasteiger partial charge in [0.05, 0.1) is 17.3 Å². The number of amides is 2. The molecule has 1 atom stereocenters. The van der Waals surface area contributed by atoms with Crippen molar-refractivity contribution in [1.82, 2.24) is 0 Å². The minimum atomic E-state index is -0.832. The smallest absolute Gasteiger partial charge is 0.265 e. The Labute approximate surface area is 213 Å². The maximum Gasteiger partial charge on any atom is 0.265 e. The van der Waals surface area contributed by atoms with E-state index in [2.05, 4.69) is 5.32 Å². The quantitative estimate of drug-likeness (QED) is 0.428. The molecule has 0 bridgehead atoms. The first kappa shape index (κ1) is 24.7. The van der Waals surface area contributed by atoms with Gasteiger partial charge in [-0.2, -0.15) is 0 Å². The third-order valence-corrected chi connectivity index (χ3v) is 5.84. The Kier molecular flexibility index (Phi) is 7.68. The van der Waals surface area contributed by atoms with Gasteiger partial charge < -0.3 is 24.4 Å². The molecule has 0 saturated heterocycles. The van der Waals surface area contributed by atoms with Crippen LogP contribution in [0.2, 0.25) is 10.0 Å². The fourth-order valence-corrected chi connectivity index (χ4v) is 4.00. The fourth-order valence-electron chi connectivity index (χ4n) is 3.54. The van der Waals surface area contributed by atoms with Gasteiger partial charge in [0, 0.05) is 10.7 Å². The Bertz CT molecular complexity index is 1250. The summed E-state index contributed by atoms with van der Waals surface area (Å²) in [7, 11) is 0. The molecule has 1 N–H and O–H groups in total. The second-order valence-electron chi connectivity index (χ2n) is 8.01. The number of fused-ring (bicyclic) bond motifs is 1. The van der Waals surface area contributed by atoms with Crippen LogP contribution in [-0.2, 0) is 9.59 Å². The topological polar surface area (TPSA) is 77.1 Å². The molecule has 0 radical (unpaired) electrons. The Morgan fingerprint density at radius 1 is 1.14 bits per heavy atom. The summed E-state index contributed by atoms with van der Waals surface area (Å²) in [5, 5.41) is 3.59. The van der Waals surface area contributed by atoms with Crippen LogP contribution >= 0.6 is 23.2 Å². The number of halogens is 2. The van der Waals surface area contributed by atoms with Crippen molar-refractivity contribution >= 4 is 46.4 Å². The van der Waals surface area contributed by atoms with Gasteiger partial charge in [-0.25, -0.2) is 0 Å². The highest BCUT2D eigenvalue weighted by Crippen LogP contribution is 2.35. The second-order valence-corrected chi connectivity index (χ2v) is 8.85. The van der Waals surface area contributed by atoms with Gasteiger partial charge in [0.25, 0.3) is 11.8 Å². The number of benzene rings is 3. The molecule has 4 rings (SSSR count). The van der Waals surface area contributed by atoms with Crippen molar-refractivity contribution < 1.29 is 23.8 Å². The number of ether oxygens (including phenoxy) is 3. The summed E-state index contributed by atoms with van der Waals surface area (Å²) in [4.78, 5) is 26.9. The molecule has 1 aliphatic rings. The Hall–Kier alpha value is -3.42. The van der Waals surface area contributed by atoms with Crippen molar-refractivity contribution in [3.8, 4) is 17.2 Å². The first-order valence-electron chi connectivity index (χ1n) is 11.0. The van der Waals surface area contributed by atoms with Crippen molar-refractivity contribution in [3.63, 3.8) is 0 Å². The average Bonchev–Trinajstić information content (AvgIpc) is 2.82. The summed E-state index contributed by atoms with van der Waals surface area (Å²) in [5.74, 6) is 1.07. The molecular weight excluding hydrogens is 491 g/mol. The van der Waals surface area contributed by atoms with Gasteiger partial charge in [0.15, 0.2) is 12.7 Å². The maximum atomic E-state index is 12.7. The SMILES string of the molecule is Cc1cccc(OCCN2C(=O)COc3ccc(NC(=O)C(C)Oc4ccc(Cl)cc4Cl)cc32)c1. The molecule has 9 heteroatoms. The van der Waals surface area contributed by atoms with E-state index in [0.717, 1.165) is 11.3 Å². The van der Waals surface area contributed by atoms with Crippen molar-refractivity contribution in [3.05, 3.63) is 76.3 Å². The third kappa shape index (κ3) is 6.18. The van der Waals surface area contributed by atoms with Crippen LogP contribution < -0.4 is 24.4 Å². The van der Waals surface area contributed by atoms with Gasteiger partial charge >= 0.3 is 0 Å². The zero-order valence-electron chi connectivity index (χ0n) is 19.2. The van der Waals surface area contributed by atoms with E-state index in [9.17, 15) is 9.59 Å². The van der Waals surface area contributed by atoms with E-state index < -0.39 is 6.10 Å². The molecule has 0 aromatic heterocycles. The van der Waals surface area contributed by atoms with Gasteiger partial charge in [-0.1, -0.05) is 35.3 Å². The minimum absolute atomic E-state index is 0.0596. The van der Waals surface area contributed by atoms with Crippen molar-refractivity contribution in [2.24, 2.45) is 0 Å². The van der Waals surface area contributed by atoms with Crippen molar-refractivity contribution in [2.45, 2.75) is 20.0 Å². The molecule has 182 valence electrons. The van der Waals surface area contributed by atoms with Crippen molar-refractivity contribution in [2.75, 3.05) is 30.0 Å². The Balaban J connectivity index is 1.42. The van der Waals surface area contributed by atoms with E-state index in [1.54, 1.807) is 48.2 Å². The number of nitrogens with zero attached hydrogens (tertiary/aromatic N) is 1. The highest BCUT2D eigenvalue weighted by atomic mass is 35.5. The highest BCUT2D eigenvalue weighted by molar-refractivity contribution is 6.35. The fraction of sp³-hybridized carbons (Fsp3) is 0.231. The zero-order chi connectivity index (χ0) is 24.9. The van der Waals surface area contributed by atoms with E-state index in [1.165, 1.54) is 0 Å². The number of carbonyl (C=O) groups excluding carboxylic acids is 2. The number of hydrogen-bond acceptors (Lipinski definition) is 5. The lowest BCUT2D eigenvalue weighted by Crippen LogP contribution is -2.41. The summed E-state index contributed by atoms with van der Waals surface area (Å²) in [5.41, 5.74) is 2.14. The average molecular weight is 515 g/mol. The van der Waals surface area contributed by atoms with Gasteiger partial charge in [-0.3, -0.25) is 9.59 Å². The zero-order valence-corrected chi connectivity index (χ0v) is 20.7. The van der Waals surface area contributed by atoms with Crippen LogP contribution in [0.5, 0.6) is 17.2 Å². The largest absolute Gasteiger partial charge is 0.492 e. The molecule has 3 aromatic rings. The lowest BCUT2D eigenvalue weighted by Gasteiger charge is -2.30. The van der Waals surface area contributed by atoms with Crippen molar-refractivity contribution in [1.29, 1.82) is 0 Å². The van der Waals surface area contributed by atoms with Crippen LogP contribution in [0.25, 0.3) is 0 Å². The van der Waals surface area contributed by atoms with Crippen LogP contribution in [0, 0.1) is 6.92 Å². The molecule has 1 heterocycles. The monoisotopic (exact) mass is 514 g/mol. The molecule has 1 aliphatic heterocycles. The maximum absolute atomic E-state index is 12.7. The molecule has 7 nitrogen and oxygen atoms in total. The molecule has 35 heavy (non-hydrogen) atoms. The van der Waals surface area contributed by atoms with Crippen LogP contribution in [0.1, 0.15) is 12.5 Å². The summed E-state index contributed by atoms with van der Waals surface area (Å²) < 4.78 is 17.1. The molecule has 2 amide bonds. The normalized spacial score (nSPS) is 13.5. The Morgan fingerprint density at radius 2 is 1.97 bits per heavy atom. The van der Waals surface area contributed by atoms with Gasteiger partial charge in [-0.15, -0.1) is 0 Å².